The molecular formula is C25H28N6O4. The van der Waals surface area contributed by atoms with Crippen molar-refractivity contribution in [1.82, 2.24) is 4.98 Å². The van der Waals surface area contributed by atoms with Crippen LogP contribution in [0.5, 0.6) is 5.75 Å². The smallest absolute Gasteiger partial charge is 0.412 e. The number of aromatic nitrogens is 1. The highest BCUT2D eigenvalue weighted by Gasteiger charge is 2.16. The van der Waals surface area contributed by atoms with E-state index < -0.39 is 17.6 Å². The predicted molar refractivity (Wildman–Crippen MR) is 136 cm³/mol. The molecule has 6 N–H and O–H groups in total. The number of ether oxygens (including phenoxy) is 2. The van der Waals surface area contributed by atoms with Gasteiger partial charge in [-0.2, -0.15) is 4.99 Å². The maximum Gasteiger partial charge on any atom is 0.412 e. The third-order valence-corrected chi connectivity index (χ3v) is 4.60. The first-order valence-electron chi connectivity index (χ1n) is 10.7. The van der Waals surface area contributed by atoms with E-state index in [2.05, 4.69) is 20.6 Å². The summed E-state index contributed by atoms with van der Waals surface area (Å²) in [6.45, 7) is 5.42. The lowest BCUT2D eigenvalue weighted by Gasteiger charge is -2.19. The molecule has 3 aromatic rings. The molecule has 0 spiro atoms. The van der Waals surface area contributed by atoms with Crippen LogP contribution >= 0.6 is 0 Å². The van der Waals surface area contributed by atoms with Gasteiger partial charge in [-0.25, -0.2) is 9.78 Å². The predicted octanol–water partition coefficient (Wildman–Crippen LogP) is 4.26. The second-order valence-electron chi connectivity index (χ2n) is 8.51. The number of anilines is 2. The molecule has 0 saturated carbocycles. The van der Waals surface area contributed by atoms with Gasteiger partial charge in [0.2, 0.25) is 5.91 Å². The van der Waals surface area contributed by atoms with Crippen LogP contribution in [0.3, 0.4) is 0 Å². The normalized spacial score (nSPS) is 11.5. The fourth-order valence-electron chi connectivity index (χ4n) is 3.03. The molecule has 10 heteroatoms. The Bertz CT molecular complexity index is 1230. The summed E-state index contributed by atoms with van der Waals surface area (Å²) in [7, 11) is 1.47. The van der Waals surface area contributed by atoms with Crippen LogP contribution in [0.2, 0.25) is 0 Å². The number of amides is 2. The van der Waals surface area contributed by atoms with Crippen LogP contribution in [0.15, 0.2) is 65.8 Å². The Morgan fingerprint density at radius 2 is 1.63 bits per heavy atom. The highest BCUT2D eigenvalue weighted by Crippen LogP contribution is 2.26. The Hall–Kier alpha value is -4.60. The van der Waals surface area contributed by atoms with Crippen molar-refractivity contribution < 1.29 is 19.1 Å². The number of nitrogens with one attached hydrogen (secondary N) is 2. The molecule has 3 rings (SSSR count). The van der Waals surface area contributed by atoms with E-state index >= 15 is 0 Å². The number of nitrogens with two attached hydrogens (primary N) is 2. The van der Waals surface area contributed by atoms with Gasteiger partial charge in [-0.1, -0.05) is 12.1 Å². The first-order valence-corrected chi connectivity index (χ1v) is 10.7. The van der Waals surface area contributed by atoms with E-state index in [1.165, 1.54) is 13.2 Å². The van der Waals surface area contributed by atoms with Gasteiger partial charge in [-0.3, -0.25) is 10.1 Å². The lowest BCUT2D eigenvalue weighted by atomic mass is 10.1. The Balaban J connectivity index is 1.66. The minimum Gasteiger partial charge on any atom is -0.495 e. The number of benzene rings is 2. The minimum absolute atomic E-state index is 0.0907. The van der Waals surface area contributed by atoms with Gasteiger partial charge >= 0.3 is 6.09 Å². The number of hydrogen-bond donors (Lipinski definition) is 4. The molecule has 35 heavy (non-hydrogen) atoms. The zero-order chi connectivity index (χ0) is 25.6. The van der Waals surface area contributed by atoms with Crippen LogP contribution in [-0.4, -0.2) is 35.7 Å². The lowest BCUT2D eigenvalue weighted by Crippen LogP contribution is -2.27. The second kappa shape index (κ2) is 10.6. The zero-order valence-electron chi connectivity index (χ0n) is 20.0. The van der Waals surface area contributed by atoms with Gasteiger partial charge in [0.25, 0.3) is 0 Å². The van der Waals surface area contributed by atoms with Crippen molar-refractivity contribution in [3.63, 3.8) is 0 Å². The van der Waals surface area contributed by atoms with Crippen LogP contribution in [0, 0.1) is 0 Å². The van der Waals surface area contributed by atoms with Crippen molar-refractivity contribution in [2.75, 3.05) is 17.7 Å². The molecule has 0 atom stereocenters. The number of nitrogens with zero attached hydrogens (tertiary/aromatic N) is 2. The van der Waals surface area contributed by atoms with E-state index in [-0.39, 0.29) is 5.96 Å². The number of carbonyl (C=O) groups is 2. The Labute approximate surface area is 203 Å². The quantitative estimate of drug-likeness (QED) is 0.306. The first kappa shape index (κ1) is 25.0. The van der Waals surface area contributed by atoms with Gasteiger partial charge in [0.1, 0.15) is 11.4 Å². The zero-order valence-corrected chi connectivity index (χ0v) is 20.0. The fraction of sp³-hybridized carbons (Fsp3) is 0.200. The number of methoxy groups -OCH3 is 1. The molecule has 1 heterocycles. The van der Waals surface area contributed by atoms with Crippen LogP contribution in [0.25, 0.3) is 11.1 Å². The topological polar surface area (TPSA) is 154 Å². The molecule has 0 aliphatic heterocycles. The maximum absolute atomic E-state index is 11.9. The first-order chi connectivity index (χ1) is 16.5. The minimum atomic E-state index is -0.569. The van der Waals surface area contributed by atoms with E-state index in [0.29, 0.717) is 28.5 Å². The van der Waals surface area contributed by atoms with Crippen LogP contribution in [0.4, 0.5) is 22.0 Å². The van der Waals surface area contributed by atoms with Gasteiger partial charge in [0.15, 0.2) is 11.8 Å². The molecular weight excluding hydrogens is 448 g/mol. The number of guanidine groups is 1. The van der Waals surface area contributed by atoms with E-state index in [9.17, 15) is 9.59 Å². The number of pyridine rings is 1. The summed E-state index contributed by atoms with van der Waals surface area (Å²) in [5.74, 6) is 0.324. The van der Waals surface area contributed by atoms with E-state index in [4.69, 9.17) is 20.9 Å². The van der Waals surface area contributed by atoms with Crippen molar-refractivity contribution in [2.24, 2.45) is 16.5 Å². The summed E-state index contributed by atoms with van der Waals surface area (Å²) in [6.07, 6.45) is 1.16. The largest absolute Gasteiger partial charge is 0.495 e. The molecule has 182 valence electrons. The second-order valence-corrected chi connectivity index (χ2v) is 8.51. The van der Waals surface area contributed by atoms with E-state index in [1.54, 1.807) is 57.3 Å². The summed E-state index contributed by atoms with van der Waals surface area (Å²) in [5.41, 5.74) is 14.0. The number of rotatable bonds is 6. The van der Waals surface area contributed by atoms with Crippen molar-refractivity contribution >= 4 is 35.2 Å². The molecule has 0 radical (unpaired) electrons. The van der Waals surface area contributed by atoms with Crippen LogP contribution in [0.1, 0.15) is 31.1 Å². The SMILES string of the molecule is COc1cc(C(N)=O)ccc1NC(N)=Nc1ccc(-c2ccc(NC(=O)OC(C)(C)C)cc2)cn1. The van der Waals surface area contributed by atoms with E-state index in [1.807, 2.05) is 18.2 Å². The average molecular weight is 477 g/mol. The Morgan fingerprint density at radius 3 is 2.20 bits per heavy atom. The highest BCUT2D eigenvalue weighted by atomic mass is 16.6. The molecule has 0 aliphatic carbocycles. The summed E-state index contributed by atoms with van der Waals surface area (Å²) >= 11 is 0. The van der Waals surface area contributed by atoms with Gasteiger partial charge in [0.05, 0.1) is 12.8 Å². The number of hydrogen-bond acceptors (Lipinski definition) is 6. The molecule has 10 nitrogen and oxygen atoms in total. The summed E-state index contributed by atoms with van der Waals surface area (Å²) in [6, 6.07) is 15.6. The van der Waals surface area contributed by atoms with Crippen LogP contribution in [-0.2, 0) is 4.74 Å². The van der Waals surface area contributed by atoms with Crippen molar-refractivity contribution in [2.45, 2.75) is 26.4 Å². The molecule has 0 aliphatic rings. The molecule has 1 aromatic heterocycles. The van der Waals surface area contributed by atoms with Gasteiger partial charge in [-0.05, 0) is 68.8 Å². The molecule has 0 unspecified atom stereocenters. The molecule has 0 fully saturated rings. The maximum atomic E-state index is 11.9. The van der Waals surface area contributed by atoms with Gasteiger partial charge < -0.3 is 26.3 Å². The molecule has 2 amide bonds. The summed E-state index contributed by atoms with van der Waals surface area (Å²) in [5, 5.41) is 5.62. The summed E-state index contributed by atoms with van der Waals surface area (Å²) in [4.78, 5) is 31.9. The standard InChI is InChI=1S/C25H28N6O4/c1-25(2,3)35-24(33)29-18-9-5-15(6-10-18)17-8-12-21(28-14-17)31-23(27)30-19-11-7-16(22(26)32)13-20(19)34-4/h5-14H,1-4H3,(H2,26,32)(H,29,33)(H3,27,28,30,31). The molecule has 0 saturated heterocycles. The van der Waals surface area contributed by atoms with E-state index in [0.717, 1.165) is 11.1 Å². The van der Waals surface area contributed by atoms with Gasteiger partial charge in [-0.15, -0.1) is 0 Å². The Morgan fingerprint density at radius 1 is 0.943 bits per heavy atom. The monoisotopic (exact) mass is 476 g/mol. The third kappa shape index (κ3) is 7.19. The highest BCUT2D eigenvalue weighted by molar-refractivity contribution is 5.97. The van der Waals surface area contributed by atoms with Gasteiger partial charge in [0, 0.05) is 23.0 Å². The average Bonchev–Trinajstić information content (AvgIpc) is 2.79. The fourth-order valence-corrected chi connectivity index (χ4v) is 3.03. The van der Waals surface area contributed by atoms with Crippen LogP contribution < -0.4 is 26.8 Å². The Kier molecular flexibility index (Phi) is 7.55. The lowest BCUT2D eigenvalue weighted by molar-refractivity contribution is 0.0635. The molecule has 2 aromatic carbocycles. The van der Waals surface area contributed by atoms with Crippen molar-refractivity contribution in [3.8, 4) is 16.9 Å². The number of carbonyl (C=O) groups excluding carboxylic acids is 2. The third-order valence-electron chi connectivity index (χ3n) is 4.60. The number of aliphatic imine (C=N–C) groups is 1. The van der Waals surface area contributed by atoms with Crippen molar-refractivity contribution in [1.29, 1.82) is 0 Å². The van der Waals surface area contributed by atoms with Crippen molar-refractivity contribution in [3.05, 3.63) is 66.4 Å². The summed E-state index contributed by atoms with van der Waals surface area (Å²) < 4.78 is 10.5. The molecule has 0 bridgehead atoms. The number of primary amides is 1.